The second-order valence-corrected chi connectivity index (χ2v) is 4.57. The van der Waals surface area contributed by atoms with E-state index in [-0.39, 0.29) is 5.75 Å². The maximum atomic E-state index is 12.3. The van der Waals surface area contributed by atoms with Crippen molar-refractivity contribution in [2.24, 2.45) is 0 Å². The van der Waals surface area contributed by atoms with Gasteiger partial charge in [-0.2, -0.15) is 0 Å². The summed E-state index contributed by atoms with van der Waals surface area (Å²) in [6.45, 7) is 4.00. The zero-order valence-corrected chi connectivity index (χ0v) is 12.2. The smallest absolute Gasteiger partial charge is 0.272 e. The van der Waals surface area contributed by atoms with Crippen molar-refractivity contribution in [3.8, 4) is 17.2 Å². The fourth-order valence-electron chi connectivity index (χ4n) is 1.65. The number of rotatable bonds is 8. The Hall–Kier alpha value is -1.56. The monoisotopic (exact) mass is 289 g/mol. The van der Waals surface area contributed by atoms with Crippen LogP contribution in [0.5, 0.6) is 17.2 Å². The molecule has 20 heavy (non-hydrogen) atoms. The summed E-state index contributed by atoms with van der Waals surface area (Å²) in [6.07, 6.45) is -2.55. The average molecular weight is 289 g/mol. The molecular formula is C14H21F2NO3. The molecule has 0 amide bonds. The highest BCUT2D eigenvalue weighted by atomic mass is 19.3. The Morgan fingerprint density at radius 2 is 1.65 bits per heavy atom. The fourth-order valence-corrected chi connectivity index (χ4v) is 1.65. The van der Waals surface area contributed by atoms with Crippen LogP contribution in [0.4, 0.5) is 8.78 Å². The SMILES string of the molecule is COc1cc(CNC(C)C)cc(OC)c1OCC(F)F. The van der Waals surface area contributed by atoms with Crippen LogP contribution in [0.2, 0.25) is 0 Å². The third-order valence-electron chi connectivity index (χ3n) is 2.59. The molecule has 1 N–H and O–H groups in total. The van der Waals surface area contributed by atoms with Crippen LogP contribution in [-0.4, -0.2) is 33.3 Å². The molecule has 0 aliphatic heterocycles. The van der Waals surface area contributed by atoms with E-state index < -0.39 is 13.0 Å². The van der Waals surface area contributed by atoms with E-state index in [0.29, 0.717) is 24.1 Å². The van der Waals surface area contributed by atoms with E-state index in [9.17, 15) is 8.78 Å². The molecule has 0 atom stereocenters. The van der Waals surface area contributed by atoms with Crippen LogP contribution in [0.3, 0.4) is 0 Å². The first-order chi connectivity index (χ1) is 9.47. The molecule has 4 nitrogen and oxygen atoms in total. The van der Waals surface area contributed by atoms with Crippen molar-refractivity contribution < 1.29 is 23.0 Å². The van der Waals surface area contributed by atoms with Crippen molar-refractivity contribution in [3.05, 3.63) is 17.7 Å². The molecule has 1 aromatic rings. The van der Waals surface area contributed by atoms with Crippen LogP contribution < -0.4 is 19.5 Å². The van der Waals surface area contributed by atoms with Crippen molar-refractivity contribution in [1.29, 1.82) is 0 Å². The number of ether oxygens (including phenoxy) is 3. The lowest BCUT2D eigenvalue weighted by atomic mass is 10.1. The minimum Gasteiger partial charge on any atom is -0.493 e. The zero-order valence-electron chi connectivity index (χ0n) is 12.2. The van der Waals surface area contributed by atoms with E-state index in [0.717, 1.165) is 5.56 Å². The van der Waals surface area contributed by atoms with E-state index in [4.69, 9.17) is 14.2 Å². The standard InChI is InChI=1S/C14H21F2NO3/c1-9(2)17-7-10-5-11(18-3)14(12(6-10)19-4)20-8-13(15)16/h5-6,9,13,17H,7-8H2,1-4H3. The Morgan fingerprint density at radius 3 is 2.05 bits per heavy atom. The molecule has 0 aliphatic rings. The van der Waals surface area contributed by atoms with E-state index in [2.05, 4.69) is 5.32 Å². The summed E-state index contributed by atoms with van der Waals surface area (Å²) in [7, 11) is 2.92. The maximum Gasteiger partial charge on any atom is 0.272 e. The van der Waals surface area contributed by atoms with E-state index in [1.165, 1.54) is 14.2 Å². The Balaban J connectivity index is 2.98. The van der Waals surface area contributed by atoms with Crippen LogP contribution in [0.15, 0.2) is 12.1 Å². The number of alkyl halides is 2. The Labute approximate surface area is 118 Å². The number of hydrogen-bond donors (Lipinski definition) is 1. The predicted molar refractivity (Wildman–Crippen MR) is 73.0 cm³/mol. The molecule has 0 radical (unpaired) electrons. The summed E-state index contributed by atoms with van der Waals surface area (Å²) < 4.78 is 40.0. The molecule has 0 saturated heterocycles. The average Bonchev–Trinajstić information content (AvgIpc) is 2.42. The van der Waals surface area contributed by atoms with Crippen LogP contribution in [0.25, 0.3) is 0 Å². The third kappa shape index (κ3) is 4.85. The predicted octanol–water partition coefficient (Wildman–Crippen LogP) is 2.85. The Kier molecular flexibility index (Phi) is 6.51. The molecule has 0 aromatic heterocycles. The molecule has 0 bridgehead atoms. The topological polar surface area (TPSA) is 39.7 Å². The first-order valence-electron chi connectivity index (χ1n) is 6.37. The molecule has 0 spiro atoms. The lowest BCUT2D eigenvalue weighted by Crippen LogP contribution is -2.21. The van der Waals surface area contributed by atoms with Crippen molar-refractivity contribution in [3.63, 3.8) is 0 Å². The van der Waals surface area contributed by atoms with Gasteiger partial charge in [0.25, 0.3) is 6.43 Å². The summed E-state index contributed by atoms with van der Waals surface area (Å²) in [5.41, 5.74) is 0.928. The normalized spacial score (nSPS) is 11.0. The molecule has 0 unspecified atom stereocenters. The number of benzene rings is 1. The van der Waals surface area contributed by atoms with Gasteiger partial charge in [-0.15, -0.1) is 0 Å². The van der Waals surface area contributed by atoms with Gasteiger partial charge in [-0.05, 0) is 17.7 Å². The van der Waals surface area contributed by atoms with Crippen LogP contribution in [0, 0.1) is 0 Å². The molecule has 1 rings (SSSR count). The molecule has 0 fully saturated rings. The fraction of sp³-hybridized carbons (Fsp3) is 0.571. The minimum atomic E-state index is -2.55. The van der Waals surface area contributed by atoms with Crippen molar-refractivity contribution in [2.75, 3.05) is 20.8 Å². The van der Waals surface area contributed by atoms with Crippen molar-refractivity contribution >= 4 is 0 Å². The van der Waals surface area contributed by atoms with Gasteiger partial charge >= 0.3 is 0 Å². The van der Waals surface area contributed by atoms with E-state index in [1.807, 2.05) is 13.8 Å². The highest BCUT2D eigenvalue weighted by Gasteiger charge is 2.16. The Bertz CT molecular complexity index is 400. The van der Waals surface area contributed by atoms with Gasteiger partial charge in [0.05, 0.1) is 14.2 Å². The zero-order chi connectivity index (χ0) is 15.1. The van der Waals surface area contributed by atoms with Gasteiger partial charge in [-0.3, -0.25) is 0 Å². The first-order valence-corrected chi connectivity index (χ1v) is 6.37. The molecule has 114 valence electrons. The summed E-state index contributed by atoms with van der Waals surface area (Å²) in [5.74, 6) is 0.958. The molecule has 1 aromatic carbocycles. The van der Waals surface area contributed by atoms with Crippen molar-refractivity contribution in [1.82, 2.24) is 5.32 Å². The Morgan fingerprint density at radius 1 is 1.10 bits per heavy atom. The van der Waals surface area contributed by atoms with Gasteiger partial charge < -0.3 is 19.5 Å². The second-order valence-electron chi connectivity index (χ2n) is 4.57. The van der Waals surface area contributed by atoms with Gasteiger partial charge in [-0.25, -0.2) is 8.78 Å². The molecular weight excluding hydrogens is 268 g/mol. The van der Waals surface area contributed by atoms with Gasteiger partial charge in [0.1, 0.15) is 6.61 Å². The van der Waals surface area contributed by atoms with Crippen LogP contribution in [-0.2, 0) is 6.54 Å². The summed E-state index contributed by atoms with van der Waals surface area (Å²) in [4.78, 5) is 0. The summed E-state index contributed by atoms with van der Waals surface area (Å²) in [6, 6.07) is 3.83. The highest BCUT2D eigenvalue weighted by Crippen LogP contribution is 2.38. The summed E-state index contributed by atoms with van der Waals surface area (Å²) in [5, 5.41) is 3.26. The van der Waals surface area contributed by atoms with Gasteiger partial charge in [0, 0.05) is 12.6 Å². The molecule has 6 heteroatoms. The van der Waals surface area contributed by atoms with E-state index >= 15 is 0 Å². The van der Waals surface area contributed by atoms with Crippen LogP contribution in [0.1, 0.15) is 19.4 Å². The lowest BCUT2D eigenvalue weighted by Gasteiger charge is -2.16. The third-order valence-corrected chi connectivity index (χ3v) is 2.59. The highest BCUT2D eigenvalue weighted by molar-refractivity contribution is 5.53. The van der Waals surface area contributed by atoms with Gasteiger partial charge in [0.2, 0.25) is 5.75 Å². The van der Waals surface area contributed by atoms with Gasteiger partial charge in [-0.1, -0.05) is 13.8 Å². The largest absolute Gasteiger partial charge is 0.493 e. The van der Waals surface area contributed by atoms with E-state index in [1.54, 1.807) is 12.1 Å². The maximum absolute atomic E-state index is 12.3. The second kappa shape index (κ2) is 7.89. The van der Waals surface area contributed by atoms with Gasteiger partial charge in [0.15, 0.2) is 11.5 Å². The molecule has 0 heterocycles. The number of halogens is 2. The van der Waals surface area contributed by atoms with Crippen LogP contribution >= 0.6 is 0 Å². The number of hydrogen-bond acceptors (Lipinski definition) is 4. The quantitative estimate of drug-likeness (QED) is 0.799. The molecule has 0 saturated carbocycles. The first kappa shape index (κ1) is 16.5. The van der Waals surface area contributed by atoms with Crippen molar-refractivity contribution in [2.45, 2.75) is 32.9 Å². The molecule has 0 aliphatic carbocycles. The number of methoxy groups -OCH3 is 2. The summed E-state index contributed by atoms with van der Waals surface area (Å²) >= 11 is 0. The number of nitrogens with one attached hydrogen (secondary N) is 1. The minimum absolute atomic E-state index is 0.198. The lowest BCUT2D eigenvalue weighted by molar-refractivity contribution is 0.0788.